The Labute approximate surface area is 589 Å². The molecule has 2 heteroatoms. The van der Waals surface area contributed by atoms with Crippen molar-refractivity contribution in [2.45, 2.75) is 57.8 Å². The molecule has 95 heavy (non-hydrogen) atoms. The minimum absolute atomic E-state index is 0.0160. The van der Waals surface area contributed by atoms with E-state index in [2.05, 4.69) is 24.3 Å². The van der Waals surface area contributed by atoms with Gasteiger partial charge in [0.2, 0.25) is 0 Å². The molecule has 14 aromatic rings. The van der Waals surface area contributed by atoms with Crippen molar-refractivity contribution in [3.05, 3.63) is 385 Å². The second kappa shape index (κ2) is 25.0. The lowest BCUT2D eigenvalue weighted by Gasteiger charge is -2.38. The van der Waals surface area contributed by atoms with Crippen molar-refractivity contribution in [2.75, 3.05) is 9.80 Å². The van der Waals surface area contributed by atoms with Crippen LogP contribution in [0.2, 0.25) is 0 Å². The van der Waals surface area contributed by atoms with Crippen LogP contribution in [0.15, 0.2) is 351 Å². The molecule has 0 spiro atoms. The summed E-state index contributed by atoms with van der Waals surface area (Å²) in [5.41, 5.74) is 5.33. The number of hydrogen-bond donors (Lipinski definition) is 0. The predicted molar refractivity (Wildman–Crippen MR) is 403 cm³/mol. The number of anilines is 6. The Morgan fingerprint density at radius 2 is 0.547 bits per heavy atom. The topological polar surface area (TPSA) is 6.48 Å². The van der Waals surface area contributed by atoms with Crippen LogP contribution in [0, 0.1) is 0 Å². The summed E-state index contributed by atoms with van der Waals surface area (Å²) in [6.45, 7) is 11.4. The van der Waals surface area contributed by atoms with E-state index in [1.54, 1.807) is 34.1 Å². The van der Waals surface area contributed by atoms with Gasteiger partial charge >= 0.3 is 0 Å². The quantitative estimate of drug-likeness (QED) is 0.107. The average Bonchev–Trinajstić information content (AvgIpc) is 1.63. The molecule has 0 heterocycles. The van der Waals surface area contributed by atoms with Crippen molar-refractivity contribution in [1.29, 1.82) is 0 Å². The number of hydrogen-bond acceptors (Lipinski definition) is 2. The fourth-order valence-corrected chi connectivity index (χ4v) is 13.4. The summed E-state index contributed by atoms with van der Waals surface area (Å²) >= 11 is 0. The highest BCUT2D eigenvalue weighted by molar-refractivity contribution is 6.02. The molecule has 0 aromatic heterocycles. The van der Waals surface area contributed by atoms with Crippen LogP contribution >= 0.6 is 0 Å². The third-order valence-corrected chi connectivity index (χ3v) is 18.0. The highest BCUT2D eigenvalue weighted by atomic mass is 15.2. The molecule has 0 fully saturated rings. The largest absolute Gasteiger partial charge is 0.309 e. The van der Waals surface area contributed by atoms with E-state index in [1.165, 1.54) is 0 Å². The summed E-state index contributed by atoms with van der Waals surface area (Å²) in [7, 11) is 0. The monoisotopic (exact) mass is 1240 g/mol. The molecule has 0 saturated carbocycles. The van der Waals surface area contributed by atoms with E-state index in [-0.39, 0.29) is 67.3 Å². The predicted octanol–water partition coefficient (Wildman–Crippen LogP) is 25.6. The summed E-state index contributed by atoms with van der Waals surface area (Å²) < 4.78 is 192. The van der Waals surface area contributed by atoms with E-state index >= 15 is 0 Å². The van der Waals surface area contributed by atoms with Crippen LogP contribution < -0.4 is 9.80 Å². The zero-order valence-electron chi connectivity index (χ0n) is 73.3. The lowest BCUT2D eigenvalue weighted by molar-refractivity contribution is 0.590. The molecule has 0 N–H and O–H groups in total. The van der Waals surface area contributed by atoms with Crippen LogP contribution in [-0.4, -0.2) is 0 Å². The minimum atomic E-state index is -1.39. The number of rotatable bonds is 14. The molecule has 0 atom stereocenters. The minimum Gasteiger partial charge on any atom is -0.309 e. The van der Waals surface area contributed by atoms with Crippen molar-refractivity contribution in [3.63, 3.8) is 0 Å². The van der Waals surface area contributed by atoms with Crippen molar-refractivity contribution in [2.24, 2.45) is 0 Å². The molecule has 2 nitrogen and oxygen atoms in total. The number of fused-ring (bicyclic) bond motifs is 3. The average molecular weight is 1240 g/mol. The van der Waals surface area contributed by atoms with Gasteiger partial charge in [-0.25, -0.2) is 0 Å². The molecule has 15 rings (SSSR count). The first-order valence-electron chi connectivity index (χ1n) is 41.7. The van der Waals surface area contributed by atoms with Crippen molar-refractivity contribution < 1.29 is 27.4 Å². The lowest BCUT2D eigenvalue weighted by atomic mass is 9.67. The van der Waals surface area contributed by atoms with Crippen LogP contribution in [0.1, 0.15) is 102 Å². The molecule has 458 valence electrons. The van der Waals surface area contributed by atoms with Gasteiger partial charge in [-0.1, -0.05) is 326 Å². The fraction of sp³-hybridized carbons (Fsp3) is 0.0968. The van der Waals surface area contributed by atoms with Gasteiger partial charge in [-0.05, 0) is 167 Å². The van der Waals surface area contributed by atoms with E-state index in [0.717, 1.165) is 50.1 Å². The first-order chi connectivity index (χ1) is 54.7. The standard InChI is InChI=1S/C93H76N2/c1-91(2,3)74-60-83(69-36-18-9-19-37-69)89(84(61-74)70-38-20-10-21-39-70)94(77-54-50-67(51-55-77)65-32-14-7-15-33-65)79-58-76(93(73-44-26-13-27-45-73)87-48-30-28-46-81(87)82-47-29-31-49-88(82)93)59-80(64-79)95(78-56-52-68(53-57-78)66-34-16-8-17-35-66)90-85(71-40-22-11-23-41-71)62-75(92(4,5)6)63-86(90)72-42-24-12-25-43-72/h7-64H,1-6H3/i9D,10D,11D,12D,18D,19D,20D,21D,22D,23D,24D,25D,36D,37D,38D,39D,40D,41D,42D,43D. The van der Waals surface area contributed by atoms with Crippen LogP contribution in [0.4, 0.5) is 34.1 Å². The third kappa shape index (κ3) is 11.3. The second-order valence-electron chi connectivity index (χ2n) is 25.8. The van der Waals surface area contributed by atoms with Gasteiger partial charge < -0.3 is 9.80 Å². The van der Waals surface area contributed by atoms with Crippen LogP contribution in [0.25, 0.3) is 77.9 Å². The first kappa shape index (κ1) is 41.3. The van der Waals surface area contributed by atoms with Crippen LogP contribution in [0.5, 0.6) is 0 Å². The van der Waals surface area contributed by atoms with E-state index < -0.39 is 137 Å². The molecule has 0 aliphatic heterocycles. The Bertz CT molecular complexity index is 5640. The van der Waals surface area contributed by atoms with Crippen molar-refractivity contribution in [3.8, 4) is 77.9 Å². The Kier molecular flexibility index (Phi) is 10.8. The normalized spacial score (nSPS) is 15.3. The lowest BCUT2D eigenvalue weighted by Crippen LogP contribution is -2.29. The molecule has 1 aliphatic rings. The van der Waals surface area contributed by atoms with Gasteiger partial charge in [0.25, 0.3) is 0 Å². The molecule has 1 aliphatic carbocycles. The maximum absolute atomic E-state index is 10.1. The summed E-state index contributed by atoms with van der Waals surface area (Å²) in [5, 5.41) is 0. The zero-order chi connectivity index (χ0) is 82.1. The van der Waals surface area contributed by atoms with Crippen molar-refractivity contribution in [1.82, 2.24) is 0 Å². The Balaban J connectivity index is 1.24. The smallest absolute Gasteiger partial charge is 0.0715 e. The highest BCUT2D eigenvalue weighted by Crippen LogP contribution is 2.60. The van der Waals surface area contributed by atoms with Gasteiger partial charge in [-0.3, -0.25) is 0 Å². The molecule has 0 saturated heterocycles. The summed E-state index contributed by atoms with van der Waals surface area (Å²) in [5.74, 6) is 0. The van der Waals surface area contributed by atoms with E-state index in [1.807, 2.05) is 224 Å². The van der Waals surface area contributed by atoms with E-state index in [9.17, 15) is 21.9 Å². The zero-order valence-corrected chi connectivity index (χ0v) is 53.3. The molecular weight excluding hydrogens is 1150 g/mol. The summed E-state index contributed by atoms with van der Waals surface area (Å²) in [6.07, 6.45) is 0. The Morgan fingerprint density at radius 3 is 0.874 bits per heavy atom. The van der Waals surface area contributed by atoms with E-state index in [4.69, 9.17) is 5.48 Å². The Morgan fingerprint density at radius 1 is 0.253 bits per heavy atom. The SMILES string of the molecule is [2H]c1c([2H])c([2H])c(-c2cc(C(C)(C)C)cc(-c3c([2H])c([2H])c([2H])c([2H])c3[2H])c2N(c2ccc(-c3ccccc3)cc2)c2cc(N(c3ccc(-c4ccccc4)cc3)c3c(-c4c([2H])c([2H])c([2H])c([2H])c4[2H])cc(C(C)(C)C)cc3-c3c([2H])c([2H])c([2H])c([2H])c3[2H])cc(C3(c4ccccc4)c4ccccc4-c4ccccc43)c2)c([2H])c1[2H]. The van der Waals surface area contributed by atoms with Crippen LogP contribution in [-0.2, 0) is 16.2 Å². The van der Waals surface area contributed by atoms with Crippen molar-refractivity contribution >= 4 is 34.1 Å². The summed E-state index contributed by atoms with van der Waals surface area (Å²) in [6, 6.07) is 59.6. The molecule has 14 aromatic carbocycles. The first-order valence-corrected chi connectivity index (χ1v) is 31.7. The Hall–Kier alpha value is -11.3. The van der Waals surface area contributed by atoms with Gasteiger partial charge in [-0.15, -0.1) is 0 Å². The van der Waals surface area contributed by atoms with Gasteiger partial charge in [0, 0.05) is 45.0 Å². The third-order valence-electron chi connectivity index (χ3n) is 18.0. The van der Waals surface area contributed by atoms with Gasteiger partial charge in [0.05, 0.1) is 44.2 Å². The van der Waals surface area contributed by atoms with Gasteiger partial charge in [-0.2, -0.15) is 0 Å². The molecular formula is C93H76N2. The van der Waals surface area contributed by atoms with Crippen LogP contribution in [0.3, 0.4) is 0 Å². The molecule has 0 bridgehead atoms. The fourth-order valence-electron chi connectivity index (χ4n) is 13.4. The number of benzene rings is 14. The molecule has 0 radical (unpaired) electrons. The molecule has 0 amide bonds. The maximum Gasteiger partial charge on any atom is 0.0715 e. The van der Waals surface area contributed by atoms with Gasteiger partial charge in [0.1, 0.15) is 0 Å². The summed E-state index contributed by atoms with van der Waals surface area (Å²) in [4.78, 5) is 3.61. The van der Waals surface area contributed by atoms with Gasteiger partial charge in [0.15, 0.2) is 0 Å². The molecule has 0 unspecified atom stereocenters. The highest BCUT2D eigenvalue weighted by Gasteiger charge is 2.47. The maximum atomic E-state index is 10.1. The van der Waals surface area contributed by atoms with E-state index in [0.29, 0.717) is 28.1 Å². The second-order valence-corrected chi connectivity index (χ2v) is 25.8. The number of nitrogens with zero attached hydrogens (tertiary/aromatic N) is 2.